The first-order valence-electron chi connectivity index (χ1n) is 5.25. The van der Waals surface area contributed by atoms with E-state index >= 15 is 0 Å². The fourth-order valence-corrected chi connectivity index (χ4v) is 1.91. The summed E-state index contributed by atoms with van der Waals surface area (Å²) in [5.74, 6) is -0.371. The van der Waals surface area contributed by atoms with E-state index in [1.54, 1.807) is 12.1 Å². The van der Waals surface area contributed by atoms with Gasteiger partial charge in [-0.05, 0) is 17.7 Å². The predicted molar refractivity (Wildman–Crippen MR) is 65.5 cm³/mol. The van der Waals surface area contributed by atoms with Gasteiger partial charge in [0.05, 0.1) is 4.90 Å². The molecule has 1 amide bonds. The van der Waals surface area contributed by atoms with Crippen LogP contribution >= 0.6 is 0 Å². The number of oxazole rings is 1. The molecule has 0 radical (unpaired) electrons. The number of carbonyl (C=O) groups excluding carboxylic acids is 1. The minimum absolute atomic E-state index is 0.0269. The number of hydrogen-bond acceptors (Lipinski definition) is 5. The number of aromatic nitrogens is 1. The number of nitrogens with one attached hydrogen (secondary N) is 1. The van der Waals surface area contributed by atoms with E-state index in [0.717, 1.165) is 12.0 Å². The van der Waals surface area contributed by atoms with E-state index in [2.05, 4.69) is 14.7 Å². The van der Waals surface area contributed by atoms with Crippen molar-refractivity contribution in [2.45, 2.75) is 11.4 Å². The zero-order valence-corrected chi connectivity index (χ0v) is 10.6. The summed E-state index contributed by atoms with van der Waals surface area (Å²) >= 11 is 0. The van der Waals surface area contributed by atoms with Crippen LogP contribution in [0.1, 0.15) is 16.1 Å². The van der Waals surface area contributed by atoms with Gasteiger partial charge in [-0.25, -0.2) is 18.5 Å². The molecule has 100 valence electrons. The number of amides is 1. The normalized spacial score (nSPS) is 11.2. The van der Waals surface area contributed by atoms with Crippen molar-refractivity contribution in [1.29, 1.82) is 0 Å². The summed E-state index contributed by atoms with van der Waals surface area (Å²) in [5.41, 5.74) is 0.922. The molecule has 19 heavy (non-hydrogen) atoms. The van der Waals surface area contributed by atoms with Crippen LogP contribution in [-0.2, 0) is 16.6 Å². The smallest absolute Gasteiger partial charge is 0.273 e. The molecule has 3 N–H and O–H groups in total. The van der Waals surface area contributed by atoms with Crippen LogP contribution in [0, 0.1) is 0 Å². The molecule has 0 aliphatic rings. The summed E-state index contributed by atoms with van der Waals surface area (Å²) in [6, 6.07) is 5.91. The molecule has 0 fully saturated rings. The highest BCUT2D eigenvalue weighted by Crippen LogP contribution is 2.08. The Kier molecular flexibility index (Phi) is 3.63. The number of benzene rings is 1. The topological polar surface area (TPSA) is 115 Å². The third-order valence-corrected chi connectivity index (χ3v) is 3.30. The van der Waals surface area contributed by atoms with Gasteiger partial charge in [0.15, 0.2) is 12.1 Å². The van der Waals surface area contributed by atoms with Gasteiger partial charge in [-0.15, -0.1) is 0 Å². The lowest BCUT2D eigenvalue weighted by molar-refractivity contribution is 0.0946. The van der Waals surface area contributed by atoms with E-state index in [-0.39, 0.29) is 23.0 Å². The lowest BCUT2D eigenvalue weighted by atomic mass is 10.2. The Morgan fingerprint density at radius 2 is 2.00 bits per heavy atom. The third kappa shape index (κ3) is 3.39. The molecular formula is C11H11N3O4S. The minimum Gasteiger partial charge on any atom is -0.451 e. The summed E-state index contributed by atoms with van der Waals surface area (Å²) in [6.45, 7) is 0.247. The fraction of sp³-hybridized carbons (Fsp3) is 0.0909. The van der Waals surface area contributed by atoms with Gasteiger partial charge < -0.3 is 9.73 Å². The molecule has 0 saturated carbocycles. The molecule has 7 nitrogen and oxygen atoms in total. The molecule has 1 heterocycles. The van der Waals surface area contributed by atoms with Crippen LogP contribution in [0.25, 0.3) is 0 Å². The summed E-state index contributed by atoms with van der Waals surface area (Å²) in [7, 11) is -3.70. The second-order valence-electron chi connectivity index (χ2n) is 3.75. The van der Waals surface area contributed by atoms with Crippen LogP contribution in [0.3, 0.4) is 0 Å². The number of carbonyl (C=O) groups is 1. The zero-order valence-electron chi connectivity index (χ0n) is 9.74. The van der Waals surface area contributed by atoms with Crippen LogP contribution in [0.2, 0.25) is 0 Å². The molecule has 8 heteroatoms. The highest BCUT2D eigenvalue weighted by Gasteiger charge is 2.09. The number of nitrogens with two attached hydrogens (primary N) is 1. The van der Waals surface area contributed by atoms with Crippen molar-refractivity contribution in [3.05, 3.63) is 48.2 Å². The van der Waals surface area contributed by atoms with Crippen molar-refractivity contribution in [2.75, 3.05) is 0 Å². The fourth-order valence-electron chi connectivity index (χ4n) is 1.39. The monoisotopic (exact) mass is 281 g/mol. The second-order valence-corrected chi connectivity index (χ2v) is 5.31. The number of rotatable bonds is 4. The Hall–Kier alpha value is -2.19. The maximum atomic E-state index is 11.6. The Balaban J connectivity index is 1.99. The van der Waals surface area contributed by atoms with Gasteiger partial charge >= 0.3 is 0 Å². The van der Waals surface area contributed by atoms with Gasteiger partial charge in [0.1, 0.15) is 6.26 Å². The van der Waals surface area contributed by atoms with Crippen molar-refractivity contribution < 1.29 is 17.6 Å². The van der Waals surface area contributed by atoms with Crippen LogP contribution in [0.5, 0.6) is 0 Å². The Morgan fingerprint density at radius 3 is 2.53 bits per heavy atom. The van der Waals surface area contributed by atoms with Crippen molar-refractivity contribution in [1.82, 2.24) is 10.3 Å². The highest BCUT2D eigenvalue weighted by molar-refractivity contribution is 7.89. The van der Waals surface area contributed by atoms with Gasteiger partial charge in [0.25, 0.3) is 5.91 Å². The van der Waals surface area contributed by atoms with Crippen LogP contribution < -0.4 is 10.5 Å². The molecule has 0 saturated heterocycles. The lowest BCUT2D eigenvalue weighted by Gasteiger charge is -2.04. The molecule has 1 aromatic heterocycles. The molecular weight excluding hydrogens is 270 g/mol. The molecule has 2 aromatic rings. The average molecular weight is 281 g/mol. The zero-order chi connectivity index (χ0) is 13.9. The molecule has 0 aliphatic carbocycles. The van der Waals surface area contributed by atoms with E-state index in [4.69, 9.17) is 5.14 Å². The van der Waals surface area contributed by atoms with Crippen LogP contribution in [0.4, 0.5) is 0 Å². The first-order chi connectivity index (χ1) is 8.97. The van der Waals surface area contributed by atoms with E-state index in [1.165, 1.54) is 18.4 Å². The molecule has 1 aromatic carbocycles. The number of nitrogens with zero attached hydrogens (tertiary/aromatic N) is 1. The van der Waals surface area contributed by atoms with Gasteiger partial charge in [-0.2, -0.15) is 0 Å². The van der Waals surface area contributed by atoms with Gasteiger partial charge in [0, 0.05) is 6.54 Å². The molecule has 0 spiro atoms. The van der Waals surface area contributed by atoms with Crippen LogP contribution in [-0.4, -0.2) is 19.3 Å². The van der Waals surface area contributed by atoms with Gasteiger partial charge in [-0.3, -0.25) is 4.79 Å². The SMILES string of the molecule is NS(=O)(=O)c1ccc(CNC(=O)c2cocn2)cc1. The van der Waals surface area contributed by atoms with Gasteiger partial charge in [-0.1, -0.05) is 12.1 Å². The quantitative estimate of drug-likeness (QED) is 0.833. The maximum absolute atomic E-state index is 11.6. The minimum atomic E-state index is -3.70. The summed E-state index contributed by atoms with van der Waals surface area (Å²) in [5, 5.41) is 7.59. The van der Waals surface area contributed by atoms with Crippen molar-refractivity contribution >= 4 is 15.9 Å². The maximum Gasteiger partial charge on any atom is 0.273 e. The average Bonchev–Trinajstić information content (AvgIpc) is 2.89. The summed E-state index contributed by atoms with van der Waals surface area (Å²) < 4.78 is 26.8. The third-order valence-electron chi connectivity index (χ3n) is 2.37. The number of primary sulfonamides is 1. The standard InChI is InChI=1S/C11H11N3O4S/c12-19(16,17)9-3-1-8(2-4-9)5-13-11(15)10-6-18-7-14-10/h1-4,6-7H,5H2,(H,13,15)(H2,12,16,17). The summed E-state index contributed by atoms with van der Waals surface area (Å²) in [4.78, 5) is 15.3. The Morgan fingerprint density at radius 1 is 1.32 bits per heavy atom. The first kappa shape index (κ1) is 13.2. The highest BCUT2D eigenvalue weighted by atomic mass is 32.2. The van der Waals surface area contributed by atoms with Gasteiger partial charge in [0.2, 0.25) is 10.0 Å². The largest absolute Gasteiger partial charge is 0.451 e. The van der Waals surface area contributed by atoms with E-state index in [9.17, 15) is 13.2 Å². The van der Waals surface area contributed by atoms with Crippen LogP contribution in [0.15, 0.2) is 46.2 Å². The number of hydrogen-bond donors (Lipinski definition) is 2. The van der Waals surface area contributed by atoms with Crippen molar-refractivity contribution in [3.63, 3.8) is 0 Å². The number of sulfonamides is 1. The lowest BCUT2D eigenvalue weighted by Crippen LogP contribution is -2.23. The molecule has 2 rings (SSSR count). The molecule has 0 aliphatic heterocycles. The van der Waals surface area contributed by atoms with E-state index in [1.807, 2.05) is 0 Å². The van der Waals surface area contributed by atoms with Crippen molar-refractivity contribution in [2.24, 2.45) is 5.14 Å². The molecule has 0 bridgehead atoms. The first-order valence-corrected chi connectivity index (χ1v) is 6.79. The second kappa shape index (κ2) is 5.21. The summed E-state index contributed by atoms with van der Waals surface area (Å²) in [6.07, 6.45) is 2.40. The predicted octanol–water partition coefficient (Wildman–Crippen LogP) is 0.252. The Labute approximate surface area is 109 Å². The molecule has 0 atom stereocenters. The molecule has 0 unspecified atom stereocenters. The Bertz CT molecular complexity index is 662. The van der Waals surface area contributed by atoms with E-state index < -0.39 is 10.0 Å². The van der Waals surface area contributed by atoms with Crippen molar-refractivity contribution in [3.8, 4) is 0 Å². The van der Waals surface area contributed by atoms with E-state index in [0.29, 0.717) is 0 Å².